The van der Waals surface area contributed by atoms with Crippen molar-refractivity contribution in [2.45, 2.75) is 45.7 Å². The number of aryl methyl sites for hydroxylation is 1. The first-order chi connectivity index (χ1) is 9.63. The van der Waals surface area contributed by atoms with E-state index in [0.717, 1.165) is 19.4 Å². The number of carbonyl (C=O) groups is 2. The number of hydrogen-bond donors (Lipinski definition) is 3. The maximum Gasteiger partial charge on any atom is 0.315 e. The van der Waals surface area contributed by atoms with Crippen molar-refractivity contribution in [1.29, 1.82) is 0 Å². The van der Waals surface area contributed by atoms with Crippen LogP contribution in [-0.2, 0) is 17.9 Å². The van der Waals surface area contributed by atoms with Crippen LogP contribution in [0.1, 0.15) is 38.4 Å². The summed E-state index contributed by atoms with van der Waals surface area (Å²) in [7, 11) is 0. The molecule has 0 spiro atoms. The molecule has 3 N–H and O–H groups in total. The molecule has 0 radical (unpaired) electrons. The highest BCUT2D eigenvalue weighted by atomic mass is 16.4. The van der Waals surface area contributed by atoms with Gasteiger partial charge in [-0.1, -0.05) is 6.42 Å². The second-order valence-electron chi connectivity index (χ2n) is 4.35. The van der Waals surface area contributed by atoms with Gasteiger partial charge in [-0.25, -0.2) is 4.79 Å². The smallest absolute Gasteiger partial charge is 0.315 e. The Hall–Kier alpha value is -2.12. The van der Waals surface area contributed by atoms with Crippen molar-refractivity contribution in [3.63, 3.8) is 0 Å². The van der Waals surface area contributed by atoms with Crippen LogP contribution in [0.2, 0.25) is 0 Å². The zero-order valence-corrected chi connectivity index (χ0v) is 11.6. The monoisotopic (exact) mass is 283 g/mol. The Morgan fingerprint density at radius 3 is 2.80 bits per heavy atom. The van der Waals surface area contributed by atoms with E-state index in [1.54, 1.807) is 6.33 Å². The summed E-state index contributed by atoms with van der Waals surface area (Å²) in [5.74, 6) is -0.0696. The number of carboxylic acid groups (broad SMARTS) is 1. The molecule has 0 fully saturated rings. The second-order valence-corrected chi connectivity index (χ2v) is 4.35. The SMILES string of the molecule is CCn1cnnc1CNC(=O)NCCCCCC(=O)O. The summed E-state index contributed by atoms with van der Waals surface area (Å²) in [6.45, 7) is 3.60. The molecular formula is C12H21N5O3. The Morgan fingerprint density at radius 2 is 2.10 bits per heavy atom. The standard InChI is InChI=1S/C12H21N5O3/c1-2-17-9-15-16-10(17)8-14-12(20)13-7-5-3-4-6-11(18)19/h9H,2-8H2,1H3,(H,18,19)(H2,13,14,20). The zero-order valence-electron chi connectivity index (χ0n) is 11.6. The van der Waals surface area contributed by atoms with Crippen LogP contribution in [0.15, 0.2) is 6.33 Å². The second kappa shape index (κ2) is 8.89. The quantitative estimate of drug-likeness (QED) is 0.579. The number of amides is 2. The van der Waals surface area contributed by atoms with Gasteiger partial charge in [-0.05, 0) is 19.8 Å². The molecule has 112 valence electrons. The Kier molecular flexibility index (Phi) is 7.08. The highest BCUT2D eigenvalue weighted by Gasteiger charge is 2.05. The third-order valence-corrected chi connectivity index (χ3v) is 2.80. The van der Waals surface area contributed by atoms with E-state index in [1.807, 2.05) is 11.5 Å². The van der Waals surface area contributed by atoms with E-state index >= 15 is 0 Å². The lowest BCUT2D eigenvalue weighted by Gasteiger charge is -2.07. The average Bonchev–Trinajstić information content (AvgIpc) is 2.87. The van der Waals surface area contributed by atoms with Gasteiger partial charge in [0, 0.05) is 19.5 Å². The Bertz CT molecular complexity index is 432. The molecule has 20 heavy (non-hydrogen) atoms. The molecular weight excluding hydrogens is 262 g/mol. The van der Waals surface area contributed by atoms with Crippen LogP contribution in [0.25, 0.3) is 0 Å². The normalized spacial score (nSPS) is 10.2. The first-order valence-corrected chi connectivity index (χ1v) is 6.73. The van der Waals surface area contributed by atoms with Crippen LogP contribution in [-0.4, -0.2) is 38.4 Å². The molecule has 0 unspecified atom stereocenters. The number of rotatable bonds is 9. The van der Waals surface area contributed by atoms with Crippen molar-refractivity contribution in [3.05, 3.63) is 12.2 Å². The molecule has 0 aliphatic carbocycles. The van der Waals surface area contributed by atoms with Crippen LogP contribution in [0.4, 0.5) is 4.79 Å². The van der Waals surface area contributed by atoms with Gasteiger partial charge < -0.3 is 20.3 Å². The summed E-state index contributed by atoms with van der Waals surface area (Å²) < 4.78 is 1.85. The summed E-state index contributed by atoms with van der Waals surface area (Å²) in [6, 6.07) is -0.256. The topological polar surface area (TPSA) is 109 Å². The number of unbranched alkanes of at least 4 members (excludes halogenated alkanes) is 2. The lowest BCUT2D eigenvalue weighted by Crippen LogP contribution is -2.36. The summed E-state index contributed by atoms with van der Waals surface area (Å²) in [5, 5.41) is 21.6. The van der Waals surface area contributed by atoms with Crippen molar-refractivity contribution < 1.29 is 14.7 Å². The summed E-state index contributed by atoms with van der Waals surface area (Å²) >= 11 is 0. The number of nitrogens with one attached hydrogen (secondary N) is 2. The maximum absolute atomic E-state index is 11.5. The minimum atomic E-state index is -0.782. The molecule has 8 heteroatoms. The van der Waals surface area contributed by atoms with Crippen molar-refractivity contribution in [2.24, 2.45) is 0 Å². The minimum absolute atomic E-state index is 0.179. The highest BCUT2D eigenvalue weighted by molar-refractivity contribution is 5.73. The van der Waals surface area contributed by atoms with Gasteiger partial charge in [-0.2, -0.15) is 0 Å². The Morgan fingerprint density at radius 1 is 1.30 bits per heavy atom. The fourth-order valence-electron chi connectivity index (χ4n) is 1.68. The molecule has 1 aromatic rings. The third kappa shape index (κ3) is 6.17. The van der Waals surface area contributed by atoms with Gasteiger partial charge in [0.2, 0.25) is 0 Å². The van der Waals surface area contributed by atoms with E-state index in [0.29, 0.717) is 25.3 Å². The maximum atomic E-state index is 11.5. The van der Waals surface area contributed by atoms with Gasteiger partial charge in [-0.15, -0.1) is 10.2 Å². The summed E-state index contributed by atoms with van der Waals surface area (Å²) in [4.78, 5) is 21.8. The number of nitrogens with zero attached hydrogens (tertiary/aromatic N) is 3. The van der Waals surface area contributed by atoms with Crippen LogP contribution in [0.5, 0.6) is 0 Å². The molecule has 0 bridgehead atoms. The number of urea groups is 1. The average molecular weight is 283 g/mol. The predicted octanol–water partition coefficient (Wildman–Crippen LogP) is 0.742. The largest absolute Gasteiger partial charge is 0.481 e. The fraction of sp³-hybridized carbons (Fsp3) is 0.667. The van der Waals surface area contributed by atoms with E-state index in [9.17, 15) is 9.59 Å². The van der Waals surface area contributed by atoms with E-state index in [4.69, 9.17) is 5.11 Å². The lowest BCUT2D eigenvalue weighted by atomic mass is 10.2. The number of hydrogen-bond acceptors (Lipinski definition) is 4. The van der Waals surface area contributed by atoms with Crippen molar-refractivity contribution >= 4 is 12.0 Å². The Labute approximate surface area is 117 Å². The van der Waals surface area contributed by atoms with E-state index in [1.165, 1.54) is 0 Å². The van der Waals surface area contributed by atoms with Gasteiger partial charge in [0.25, 0.3) is 0 Å². The molecule has 2 amide bonds. The first-order valence-electron chi connectivity index (χ1n) is 6.73. The van der Waals surface area contributed by atoms with Crippen molar-refractivity contribution in [1.82, 2.24) is 25.4 Å². The molecule has 1 aromatic heterocycles. The van der Waals surface area contributed by atoms with Gasteiger partial charge in [-0.3, -0.25) is 4.79 Å². The predicted molar refractivity (Wildman–Crippen MR) is 72.0 cm³/mol. The lowest BCUT2D eigenvalue weighted by molar-refractivity contribution is -0.137. The molecule has 0 aromatic carbocycles. The number of aliphatic carboxylic acids is 1. The van der Waals surface area contributed by atoms with E-state index in [-0.39, 0.29) is 12.5 Å². The van der Waals surface area contributed by atoms with Crippen LogP contribution < -0.4 is 10.6 Å². The third-order valence-electron chi connectivity index (χ3n) is 2.80. The molecule has 0 saturated carbocycles. The van der Waals surface area contributed by atoms with E-state index < -0.39 is 5.97 Å². The van der Waals surface area contributed by atoms with Crippen LogP contribution in [0.3, 0.4) is 0 Å². The molecule has 1 rings (SSSR count). The fourth-order valence-corrected chi connectivity index (χ4v) is 1.68. The number of carboxylic acids is 1. The molecule has 8 nitrogen and oxygen atoms in total. The van der Waals surface area contributed by atoms with Gasteiger partial charge in [0.15, 0.2) is 5.82 Å². The van der Waals surface area contributed by atoms with Crippen LogP contribution in [0, 0.1) is 0 Å². The number of carbonyl (C=O) groups excluding carboxylic acids is 1. The summed E-state index contributed by atoms with van der Waals surface area (Å²) in [6.07, 6.45) is 4.00. The van der Waals surface area contributed by atoms with Gasteiger partial charge in [0.05, 0.1) is 6.54 Å². The van der Waals surface area contributed by atoms with Gasteiger partial charge in [0.1, 0.15) is 6.33 Å². The van der Waals surface area contributed by atoms with Crippen molar-refractivity contribution in [2.75, 3.05) is 6.54 Å². The molecule has 0 aliphatic rings. The zero-order chi connectivity index (χ0) is 14.8. The minimum Gasteiger partial charge on any atom is -0.481 e. The molecule has 1 heterocycles. The van der Waals surface area contributed by atoms with Gasteiger partial charge >= 0.3 is 12.0 Å². The highest BCUT2D eigenvalue weighted by Crippen LogP contribution is 1.98. The van der Waals surface area contributed by atoms with E-state index in [2.05, 4.69) is 20.8 Å². The molecule has 0 atom stereocenters. The van der Waals surface area contributed by atoms with Crippen molar-refractivity contribution in [3.8, 4) is 0 Å². The van der Waals surface area contributed by atoms with Crippen LogP contribution >= 0.6 is 0 Å². The first kappa shape index (κ1) is 15.9. The Balaban J connectivity index is 2.07. The molecule has 0 aliphatic heterocycles. The number of aromatic nitrogens is 3. The summed E-state index contributed by atoms with van der Waals surface area (Å²) in [5.41, 5.74) is 0. The molecule has 0 saturated heterocycles.